The number of aromatic nitrogens is 1. The Morgan fingerprint density at radius 3 is 2.72 bits per heavy atom. The molecule has 0 aliphatic carbocycles. The van der Waals surface area contributed by atoms with Crippen molar-refractivity contribution in [3.05, 3.63) is 29.8 Å². The molecule has 1 atom stereocenters. The summed E-state index contributed by atoms with van der Waals surface area (Å²) in [5.41, 5.74) is -0.0750. The molecule has 0 saturated carbocycles. The molecule has 25 heavy (non-hydrogen) atoms. The Morgan fingerprint density at radius 1 is 1.36 bits per heavy atom. The number of carbonyl (C=O) groups is 3. The number of pyridine rings is 1. The van der Waals surface area contributed by atoms with Gasteiger partial charge in [0, 0.05) is 25.3 Å². The van der Waals surface area contributed by atoms with Gasteiger partial charge in [-0.25, -0.2) is 14.6 Å². The van der Waals surface area contributed by atoms with Crippen LogP contribution >= 0.6 is 0 Å². The molecule has 2 aliphatic heterocycles. The molecule has 0 aromatic carbocycles. The van der Waals surface area contributed by atoms with Crippen LogP contribution in [0.4, 0.5) is 9.18 Å². The number of methoxy groups -OCH3 is 1. The van der Waals surface area contributed by atoms with Gasteiger partial charge in [0.25, 0.3) is 5.91 Å². The van der Waals surface area contributed by atoms with Gasteiger partial charge in [-0.15, -0.1) is 0 Å². The molecule has 3 rings (SSSR count). The van der Waals surface area contributed by atoms with Gasteiger partial charge in [-0.3, -0.25) is 9.69 Å². The number of esters is 1. The van der Waals surface area contributed by atoms with Crippen molar-refractivity contribution < 1.29 is 28.2 Å². The predicted octanol–water partition coefficient (Wildman–Crippen LogP) is 0.819. The Kier molecular flexibility index (Phi) is 4.82. The molecule has 1 aromatic rings. The Hall–Kier alpha value is -2.71. The van der Waals surface area contributed by atoms with Gasteiger partial charge < -0.3 is 14.4 Å². The molecule has 0 bridgehead atoms. The summed E-state index contributed by atoms with van der Waals surface area (Å²) in [4.78, 5) is 42.5. The second kappa shape index (κ2) is 7.04. The molecule has 1 aromatic heterocycles. The molecule has 1 unspecified atom stereocenters. The van der Waals surface area contributed by atoms with Crippen molar-refractivity contribution in [2.24, 2.45) is 0 Å². The number of cyclic esters (lactones) is 1. The van der Waals surface area contributed by atoms with Crippen LogP contribution in [0, 0.1) is 5.95 Å². The minimum Gasteiger partial charge on any atom is -0.467 e. The number of hydrogen-bond acceptors (Lipinski definition) is 6. The Balaban J connectivity index is 1.65. The molecule has 8 nitrogen and oxygen atoms in total. The van der Waals surface area contributed by atoms with Crippen molar-refractivity contribution in [3.8, 4) is 0 Å². The van der Waals surface area contributed by atoms with Crippen molar-refractivity contribution in [2.45, 2.75) is 24.9 Å². The lowest BCUT2D eigenvalue weighted by Crippen LogP contribution is -2.52. The smallest absolute Gasteiger partial charge is 0.410 e. The molecule has 9 heteroatoms. The van der Waals surface area contributed by atoms with Crippen LogP contribution in [-0.2, 0) is 14.3 Å². The SMILES string of the molecule is COC(=O)C1COC(=O)N1C1CCN(C(=O)c2cccnc2F)CC1. The van der Waals surface area contributed by atoms with Gasteiger partial charge >= 0.3 is 12.1 Å². The van der Waals surface area contributed by atoms with Crippen molar-refractivity contribution in [1.82, 2.24) is 14.8 Å². The number of likely N-dealkylation sites (tertiary alicyclic amines) is 1. The predicted molar refractivity (Wildman–Crippen MR) is 82.1 cm³/mol. The highest BCUT2D eigenvalue weighted by Gasteiger charge is 2.44. The molecule has 3 heterocycles. The Morgan fingerprint density at radius 2 is 2.08 bits per heavy atom. The van der Waals surface area contributed by atoms with E-state index in [2.05, 4.69) is 4.98 Å². The second-order valence-electron chi connectivity index (χ2n) is 5.89. The van der Waals surface area contributed by atoms with E-state index in [1.807, 2.05) is 0 Å². The van der Waals surface area contributed by atoms with Crippen LogP contribution < -0.4 is 0 Å². The molecule has 2 fully saturated rings. The van der Waals surface area contributed by atoms with E-state index in [9.17, 15) is 18.8 Å². The number of nitrogens with zero attached hydrogens (tertiary/aromatic N) is 3. The second-order valence-corrected chi connectivity index (χ2v) is 5.89. The van der Waals surface area contributed by atoms with Crippen LogP contribution in [0.15, 0.2) is 18.3 Å². The van der Waals surface area contributed by atoms with E-state index in [0.29, 0.717) is 25.9 Å². The van der Waals surface area contributed by atoms with Gasteiger partial charge in [0.2, 0.25) is 5.95 Å². The first-order valence-corrected chi connectivity index (χ1v) is 7.95. The largest absolute Gasteiger partial charge is 0.467 e. The zero-order chi connectivity index (χ0) is 18.0. The first kappa shape index (κ1) is 17.1. The van der Waals surface area contributed by atoms with Crippen molar-refractivity contribution in [2.75, 3.05) is 26.8 Å². The maximum absolute atomic E-state index is 13.7. The summed E-state index contributed by atoms with van der Waals surface area (Å²) in [6.45, 7) is 0.649. The van der Waals surface area contributed by atoms with Gasteiger partial charge in [0.15, 0.2) is 6.04 Å². The summed E-state index contributed by atoms with van der Waals surface area (Å²) in [6.07, 6.45) is 1.66. The van der Waals surface area contributed by atoms with Crippen molar-refractivity contribution >= 4 is 18.0 Å². The van der Waals surface area contributed by atoms with Crippen molar-refractivity contribution in [1.29, 1.82) is 0 Å². The number of halogens is 1. The average Bonchev–Trinajstić information content (AvgIpc) is 3.02. The third-order valence-electron chi connectivity index (χ3n) is 4.52. The van der Waals surface area contributed by atoms with Crippen LogP contribution in [0.25, 0.3) is 0 Å². The minimum atomic E-state index is -0.802. The number of carbonyl (C=O) groups excluding carboxylic acids is 3. The number of piperidine rings is 1. The van der Waals surface area contributed by atoms with E-state index in [1.165, 1.54) is 35.2 Å². The van der Waals surface area contributed by atoms with Crippen LogP contribution in [0.2, 0.25) is 0 Å². The van der Waals surface area contributed by atoms with Gasteiger partial charge in [-0.1, -0.05) is 0 Å². The maximum Gasteiger partial charge on any atom is 0.410 e. The molecule has 0 N–H and O–H groups in total. The standard InChI is InChI=1S/C16H18FN3O5/c1-24-15(22)12-9-25-16(23)20(12)10-4-7-19(8-5-10)14(21)11-3-2-6-18-13(11)17/h2-3,6,10,12H,4-5,7-9H2,1H3. The first-order valence-electron chi connectivity index (χ1n) is 7.95. The quantitative estimate of drug-likeness (QED) is 0.592. The van der Waals surface area contributed by atoms with Crippen molar-refractivity contribution in [3.63, 3.8) is 0 Å². The van der Waals surface area contributed by atoms with E-state index in [1.54, 1.807) is 0 Å². The fraction of sp³-hybridized carbons (Fsp3) is 0.500. The number of ether oxygens (including phenoxy) is 2. The topological polar surface area (TPSA) is 89.0 Å². The van der Waals surface area contributed by atoms with Gasteiger partial charge in [0.1, 0.15) is 6.61 Å². The molecule has 2 saturated heterocycles. The molecular formula is C16H18FN3O5. The maximum atomic E-state index is 13.7. The van der Waals surface area contributed by atoms with Crippen LogP contribution in [0.5, 0.6) is 0 Å². The Bertz CT molecular complexity index is 690. The zero-order valence-corrected chi connectivity index (χ0v) is 13.7. The highest BCUT2D eigenvalue weighted by atomic mass is 19.1. The van der Waals surface area contributed by atoms with Crippen LogP contribution in [0.1, 0.15) is 23.2 Å². The normalized spacial score (nSPS) is 21.2. The fourth-order valence-electron chi connectivity index (χ4n) is 3.22. The average molecular weight is 351 g/mol. The molecular weight excluding hydrogens is 333 g/mol. The molecule has 0 radical (unpaired) electrons. The van der Waals surface area contributed by atoms with E-state index >= 15 is 0 Å². The summed E-state index contributed by atoms with van der Waals surface area (Å²) in [5, 5.41) is 0. The van der Waals surface area contributed by atoms with E-state index in [-0.39, 0.29) is 18.2 Å². The van der Waals surface area contributed by atoms with Gasteiger partial charge in [0.05, 0.1) is 12.7 Å². The molecule has 134 valence electrons. The van der Waals surface area contributed by atoms with E-state index < -0.39 is 30.0 Å². The summed E-state index contributed by atoms with van der Waals surface area (Å²) in [6, 6.07) is 1.90. The van der Waals surface area contributed by atoms with Gasteiger partial charge in [-0.2, -0.15) is 4.39 Å². The molecule has 0 spiro atoms. The summed E-state index contributed by atoms with van der Waals surface area (Å²) in [7, 11) is 1.26. The highest BCUT2D eigenvalue weighted by Crippen LogP contribution is 2.25. The summed E-state index contributed by atoms with van der Waals surface area (Å²) in [5.74, 6) is -1.76. The number of hydrogen-bond donors (Lipinski definition) is 0. The van der Waals surface area contributed by atoms with Crippen LogP contribution in [0.3, 0.4) is 0 Å². The fourth-order valence-corrected chi connectivity index (χ4v) is 3.22. The van der Waals surface area contributed by atoms with Crippen LogP contribution in [-0.4, -0.2) is 71.6 Å². The lowest BCUT2D eigenvalue weighted by Gasteiger charge is -2.37. The van der Waals surface area contributed by atoms with E-state index in [0.717, 1.165) is 0 Å². The summed E-state index contributed by atoms with van der Waals surface area (Å²) >= 11 is 0. The number of rotatable bonds is 3. The first-order chi connectivity index (χ1) is 12.0. The minimum absolute atomic E-state index is 0.0362. The number of amides is 2. The lowest BCUT2D eigenvalue weighted by atomic mass is 10.0. The zero-order valence-electron chi connectivity index (χ0n) is 13.7. The summed E-state index contributed by atoms with van der Waals surface area (Å²) < 4.78 is 23.3. The third kappa shape index (κ3) is 3.26. The molecule has 2 amide bonds. The Labute approximate surface area is 143 Å². The molecule has 2 aliphatic rings. The van der Waals surface area contributed by atoms with E-state index in [4.69, 9.17) is 9.47 Å². The monoisotopic (exact) mass is 351 g/mol. The third-order valence-corrected chi connectivity index (χ3v) is 4.52. The highest BCUT2D eigenvalue weighted by molar-refractivity contribution is 5.94. The lowest BCUT2D eigenvalue weighted by molar-refractivity contribution is -0.145. The van der Waals surface area contributed by atoms with Gasteiger partial charge in [-0.05, 0) is 25.0 Å².